The number of amides is 2. The average molecular weight is 616 g/mol. The molecule has 0 saturated carbocycles. The monoisotopic (exact) mass is 615 g/mol. The molecule has 0 fully saturated rings. The van der Waals surface area contributed by atoms with Gasteiger partial charge in [-0.2, -0.15) is 0 Å². The van der Waals surface area contributed by atoms with Gasteiger partial charge in [0, 0.05) is 24.2 Å². The van der Waals surface area contributed by atoms with E-state index in [4.69, 9.17) is 21.1 Å². The van der Waals surface area contributed by atoms with E-state index in [0.717, 1.165) is 22.7 Å². The van der Waals surface area contributed by atoms with Gasteiger partial charge in [-0.05, 0) is 54.8 Å². The molecule has 0 radical (unpaired) electrons. The summed E-state index contributed by atoms with van der Waals surface area (Å²) in [6.45, 7) is 3.85. The molecule has 1 N–H and O–H groups in total. The lowest BCUT2D eigenvalue weighted by Crippen LogP contribution is -2.52. The lowest BCUT2D eigenvalue weighted by atomic mass is 10.1. The van der Waals surface area contributed by atoms with Gasteiger partial charge in [-0.15, -0.1) is 0 Å². The Morgan fingerprint density at radius 1 is 0.929 bits per heavy atom. The Morgan fingerprint density at radius 2 is 1.60 bits per heavy atom. The van der Waals surface area contributed by atoms with E-state index >= 15 is 0 Å². The summed E-state index contributed by atoms with van der Waals surface area (Å²) in [5.41, 5.74) is 0.952. The zero-order chi connectivity index (χ0) is 30.7. The standard InChI is InChI=1S/C31H38ClN3O6S/c1-5-7-19-33-31(37)27(6-2)34(21-23-13-15-24(32)16-14-23)30(36)22-35(42(38,39)26-11-9-8-10-12-26)25-17-18-28(40-3)29(20-25)41-4/h8-18,20,27H,5-7,19,21-22H2,1-4H3,(H,33,37). The molecule has 226 valence electrons. The number of nitrogens with zero attached hydrogens (tertiary/aromatic N) is 2. The number of unbranched alkanes of at least 4 members (excludes halogenated alkanes) is 1. The molecule has 0 aliphatic heterocycles. The minimum atomic E-state index is -4.20. The normalized spacial score (nSPS) is 11.8. The Morgan fingerprint density at radius 3 is 2.19 bits per heavy atom. The summed E-state index contributed by atoms with van der Waals surface area (Å²) >= 11 is 6.08. The van der Waals surface area contributed by atoms with Crippen LogP contribution in [0, 0.1) is 0 Å². The summed E-state index contributed by atoms with van der Waals surface area (Å²) in [4.78, 5) is 28.9. The van der Waals surface area contributed by atoms with Gasteiger partial charge in [0.15, 0.2) is 11.5 Å². The molecule has 0 aliphatic carbocycles. The number of anilines is 1. The molecule has 1 unspecified atom stereocenters. The van der Waals surface area contributed by atoms with Crippen LogP contribution in [0.15, 0.2) is 77.7 Å². The highest BCUT2D eigenvalue weighted by Crippen LogP contribution is 2.34. The molecule has 0 aliphatic rings. The number of hydrogen-bond acceptors (Lipinski definition) is 6. The highest BCUT2D eigenvalue weighted by atomic mass is 35.5. The van der Waals surface area contributed by atoms with Crippen molar-refractivity contribution in [1.82, 2.24) is 10.2 Å². The third-order valence-corrected chi connectivity index (χ3v) is 8.79. The predicted molar refractivity (Wildman–Crippen MR) is 165 cm³/mol. The highest BCUT2D eigenvalue weighted by Gasteiger charge is 2.34. The van der Waals surface area contributed by atoms with E-state index < -0.39 is 28.5 Å². The summed E-state index contributed by atoms with van der Waals surface area (Å²) in [6, 6.07) is 18.6. The van der Waals surface area contributed by atoms with Crippen LogP contribution in [0.2, 0.25) is 5.02 Å². The van der Waals surface area contributed by atoms with E-state index in [1.807, 2.05) is 13.8 Å². The predicted octanol–water partition coefficient (Wildman–Crippen LogP) is 5.28. The third-order valence-electron chi connectivity index (χ3n) is 6.75. The Labute approximate surface area is 253 Å². The van der Waals surface area contributed by atoms with Crippen molar-refractivity contribution in [3.63, 3.8) is 0 Å². The number of carbonyl (C=O) groups excluding carboxylic acids is 2. The van der Waals surface area contributed by atoms with Crippen LogP contribution >= 0.6 is 11.6 Å². The topological polar surface area (TPSA) is 105 Å². The Hall–Kier alpha value is -3.76. The van der Waals surface area contributed by atoms with Gasteiger partial charge < -0.3 is 19.7 Å². The zero-order valence-corrected chi connectivity index (χ0v) is 26.0. The molecule has 1 atom stereocenters. The van der Waals surface area contributed by atoms with Crippen molar-refractivity contribution in [3.8, 4) is 11.5 Å². The molecule has 3 rings (SSSR count). The number of halogens is 1. The Balaban J connectivity index is 2.07. The minimum Gasteiger partial charge on any atom is -0.493 e. The Bertz CT molecular complexity index is 1430. The lowest BCUT2D eigenvalue weighted by Gasteiger charge is -2.33. The average Bonchev–Trinajstić information content (AvgIpc) is 3.00. The van der Waals surface area contributed by atoms with Crippen LogP contribution in [0.4, 0.5) is 5.69 Å². The van der Waals surface area contributed by atoms with Crippen LogP contribution in [-0.4, -0.2) is 58.5 Å². The molecule has 11 heteroatoms. The maximum absolute atomic E-state index is 14.1. The van der Waals surface area contributed by atoms with Crippen LogP contribution in [0.1, 0.15) is 38.7 Å². The first-order valence-corrected chi connectivity index (χ1v) is 15.6. The van der Waals surface area contributed by atoms with Gasteiger partial charge in [0.1, 0.15) is 12.6 Å². The number of rotatable bonds is 15. The van der Waals surface area contributed by atoms with Crippen molar-refractivity contribution < 1.29 is 27.5 Å². The quantitative estimate of drug-likeness (QED) is 0.233. The summed E-state index contributed by atoms with van der Waals surface area (Å²) in [5.74, 6) is -0.132. The fourth-order valence-electron chi connectivity index (χ4n) is 4.44. The van der Waals surface area contributed by atoms with Crippen molar-refractivity contribution >= 4 is 39.1 Å². The van der Waals surface area contributed by atoms with E-state index in [-0.39, 0.29) is 23.0 Å². The maximum Gasteiger partial charge on any atom is 0.264 e. The number of hydrogen-bond donors (Lipinski definition) is 1. The summed E-state index contributed by atoms with van der Waals surface area (Å²) in [5, 5.41) is 3.45. The van der Waals surface area contributed by atoms with Gasteiger partial charge in [0.2, 0.25) is 11.8 Å². The van der Waals surface area contributed by atoms with Crippen LogP contribution in [0.5, 0.6) is 11.5 Å². The molecule has 42 heavy (non-hydrogen) atoms. The Kier molecular flexibility index (Phi) is 12.1. The second kappa shape index (κ2) is 15.5. The second-order valence-electron chi connectivity index (χ2n) is 9.58. The van der Waals surface area contributed by atoms with Gasteiger partial charge in [-0.1, -0.05) is 62.2 Å². The first-order chi connectivity index (χ1) is 20.2. The molecule has 0 saturated heterocycles. The maximum atomic E-state index is 14.1. The van der Waals surface area contributed by atoms with Gasteiger partial charge >= 0.3 is 0 Å². The van der Waals surface area contributed by atoms with Crippen molar-refractivity contribution in [3.05, 3.63) is 83.4 Å². The van der Waals surface area contributed by atoms with Crippen LogP contribution in [-0.2, 0) is 26.2 Å². The van der Waals surface area contributed by atoms with Crippen molar-refractivity contribution in [1.29, 1.82) is 0 Å². The smallest absolute Gasteiger partial charge is 0.264 e. The number of sulfonamides is 1. The molecule has 9 nitrogen and oxygen atoms in total. The lowest BCUT2D eigenvalue weighted by molar-refractivity contribution is -0.140. The molecule has 3 aromatic rings. The molecular weight excluding hydrogens is 578 g/mol. The molecule has 0 aromatic heterocycles. The van der Waals surface area contributed by atoms with E-state index in [2.05, 4.69) is 5.32 Å². The molecule has 0 heterocycles. The SMILES string of the molecule is CCCCNC(=O)C(CC)N(Cc1ccc(Cl)cc1)C(=O)CN(c1ccc(OC)c(OC)c1)S(=O)(=O)c1ccccc1. The van der Waals surface area contributed by atoms with Crippen LogP contribution in [0.3, 0.4) is 0 Å². The molecule has 0 bridgehead atoms. The number of benzene rings is 3. The van der Waals surface area contributed by atoms with E-state index in [1.54, 1.807) is 54.6 Å². The number of methoxy groups -OCH3 is 2. The number of ether oxygens (including phenoxy) is 2. The van der Waals surface area contributed by atoms with Crippen molar-refractivity contribution in [2.45, 2.75) is 50.6 Å². The van der Waals surface area contributed by atoms with Gasteiger partial charge in [0.05, 0.1) is 24.8 Å². The van der Waals surface area contributed by atoms with Gasteiger partial charge in [0.25, 0.3) is 10.0 Å². The van der Waals surface area contributed by atoms with Gasteiger partial charge in [-0.3, -0.25) is 13.9 Å². The first kappa shape index (κ1) is 32.8. The van der Waals surface area contributed by atoms with E-state index in [1.165, 1.54) is 37.3 Å². The second-order valence-corrected chi connectivity index (χ2v) is 11.9. The summed E-state index contributed by atoms with van der Waals surface area (Å²) < 4.78 is 39.7. The zero-order valence-electron chi connectivity index (χ0n) is 24.4. The first-order valence-electron chi connectivity index (χ1n) is 13.8. The van der Waals surface area contributed by atoms with Gasteiger partial charge in [-0.25, -0.2) is 8.42 Å². The molecule has 3 aromatic carbocycles. The summed E-state index contributed by atoms with van der Waals surface area (Å²) in [6.07, 6.45) is 2.04. The van der Waals surface area contributed by atoms with E-state index in [0.29, 0.717) is 29.5 Å². The minimum absolute atomic E-state index is 0.0150. The van der Waals surface area contributed by atoms with Crippen LogP contribution < -0.4 is 19.1 Å². The fourth-order valence-corrected chi connectivity index (χ4v) is 5.99. The summed E-state index contributed by atoms with van der Waals surface area (Å²) in [7, 11) is -1.28. The number of nitrogens with one attached hydrogen (secondary N) is 1. The van der Waals surface area contributed by atoms with Crippen molar-refractivity contribution in [2.24, 2.45) is 0 Å². The molecule has 0 spiro atoms. The van der Waals surface area contributed by atoms with E-state index in [9.17, 15) is 18.0 Å². The van der Waals surface area contributed by atoms with Crippen molar-refractivity contribution in [2.75, 3.05) is 31.6 Å². The molecular formula is C31H38ClN3O6S. The van der Waals surface area contributed by atoms with Crippen LogP contribution in [0.25, 0.3) is 0 Å². The highest BCUT2D eigenvalue weighted by molar-refractivity contribution is 7.92. The third kappa shape index (κ3) is 8.17. The largest absolute Gasteiger partial charge is 0.493 e. The fraction of sp³-hybridized carbons (Fsp3) is 0.355. The number of carbonyl (C=O) groups is 2. The molecule has 2 amide bonds.